The molecule has 0 atom stereocenters. The second-order valence-electron chi connectivity index (χ2n) is 17.7. The predicted octanol–water partition coefficient (Wildman–Crippen LogP) is 13.9. The summed E-state index contributed by atoms with van der Waals surface area (Å²) in [7, 11) is 0. The Kier molecular flexibility index (Phi) is 17.0. The maximum atomic E-state index is 14.2. The van der Waals surface area contributed by atoms with Crippen molar-refractivity contribution in [2.24, 2.45) is 0 Å². The lowest BCUT2D eigenvalue weighted by molar-refractivity contribution is -0.690. The molecule has 0 radical (unpaired) electrons. The van der Waals surface area contributed by atoms with Gasteiger partial charge in [0.15, 0.2) is 6.20 Å². The lowest BCUT2D eigenvalue weighted by Crippen LogP contribution is -2.75. The first-order chi connectivity index (χ1) is 37.0. The topological polar surface area (TPSA) is 57.6 Å². The van der Waals surface area contributed by atoms with Gasteiger partial charge in [-0.3, -0.25) is 9.78 Å². The number of aromatic nitrogens is 2. The summed E-state index contributed by atoms with van der Waals surface area (Å²) < 4.78 is 343. The van der Waals surface area contributed by atoms with Crippen LogP contribution in [0.1, 0.15) is 71.7 Å². The fourth-order valence-corrected chi connectivity index (χ4v) is 8.57. The number of Topliss-reactive ketones (excluding diaryl/α,β-unsaturated/α-hetero) is 1. The van der Waals surface area contributed by atoms with Crippen molar-refractivity contribution in [3.05, 3.63) is 213 Å². The van der Waals surface area contributed by atoms with E-state index in [1.54, 1.807) is 24.5 Å². The molecule has 7 aromatic rings. The molecule has 0 unspecified atom stereocenters. The van der Waals surface area contributed by atoms with Crippen LogP contribution in [0, 0.1) is 11.3 Å². The van der Waals surface area contributed by atoms with Crippen molar-refractivity contribution in [2.45, 2.75) is 62.4 Å². The molecule has 0 N–H and O–H groups in total. The number of nitriles is 1. The van der Waals surface area contributed by atoms with Crippen LogP contribution in [-0.2, 0) is 62.4 Å². The first-order valence-corrected chi connectivity index (χ1v) is 22.3. The van der Waals surface area contributed by atoms with Crippen LogP contribution < -0.4 is 26.4 Å². The van der Waals surface area contributed by atoms with Crippen molar-refractivity contribution in [3.8, 4) is 6.07 Å². The van der Waals surface area contributed by atoms with Crippen molar-refractivity contribution in [2.75, 3.05) is 0 Å². The lowest BCUT2D eigenvalue weighted by atomic mass is 9.12. The minimum Gasteiger partial charge on any atom is -0.287 e. The number of rotatable bonds is 9. The van der Waals surface area contributed by atoms with Gasteiger partial charge in [0.05, 0.1) is 75.0 Å². The van der Waals surface area contributed by atoms with Gasteiger partial charge in [-0.2, -0.15) is 137 Å². The van der Waals surface area contributed by atoms with Gasteiger partial charge in [-0.1, -0.05) is 91.0 Å². The van der Waals surface area contributed by atoms with Crippen molar-refractivity contribution >= 4 is 33.8 Å². The molecule has 0 fully saturated rings. The number of carbonyl (C=O) groups is 1. The van der Waals surface area contributed by atoms with E-state index in [0.29, 0.717) is 17.5 Å². The Hall–Kier alpha value is -8.06. The molecule has 1 aromatic heterocycles. The van der Waals surface area contributed by atoms with Gasteiger partial charge in [-0.25, -0.2) is 0 Å². The zero-order chi connectivity index (χ0) is 60.7. The van der Waals surface area contributed by atoms with E-state index in [4.69, 9.17) is 5.26 Å². The Labute approximate surface area is 439 Å². The first-order valence-electron chi connectivity index (χ1n) is 22.3. The van der Waals surface area contributed by atoms with E-state index < -0.39 is 195 Å². The van der Waals surface area contributed by atoms with E-state index in [9.17, 15) is 110 Å². The van der Waals surface area contributed by atoms with Crippen LogP contribution in [0.25, 0.3) is 0 Å². The Morgan fingerprint density at radius 2 is 0.728 bits per heavy atom. The summed E-state index contributed by atoms with van der Waals surface area (Å²) in [5.74, 6) is 0.0629. The van der Waals surface area contributed by atoms with Gasteiger partial charge in [0.25, 0.3) is 0 Å². The number of alkyl halides is 24. The summed E-state index contributed by atoms with van der Waals surface area (Å²) >= 11 is 0. The molecule has 6 aromatic carbocycles. The fraction of sp³-hybridized carbons (Fsp3) is 0.192. The van der Waals surface area contributed by atoms with Gasteiger partial charge in [0.1, 0.15) is 6.15 Å². The van der Waals surface area contributed by atoms with Crippen molar-refractivity contribution in [1.29, 1.82) is 5.26 Å². The number of halogens is 24. The molecule has 1 heterocycles. The standard InChI is InChI=1S/C32H12BF24.C20H16N3O/c34-25(35,36)13-1-14(26(37,38)39)6-21(5-13)33(22-7-15(27(40,41)42)2-16(8-22)28(43,44)45,23-9-17(29(46,47)48)3-18(10-23)30(49,50)51)24-11-19(31(52,53)54)4-20(12-24)32(55,56)57;21-13-17-8-6-16(7-9-17)12-19-14-22-10-11-23(19)15-20(24)18-4-2-1-3-5-18/h1-12H;1-11,14H,12,15H2/q-1;+1. The normalized spacial score (nSPS) is 13.1. The number of benzene rings is 6. The van der Waals surface area contributed by atoms with E-state index >= 15 is 0 Å². The van der Waals surface area contributed by atoms with E-state index in [2.05, 4.69) is 11.1 Å². The van der Waals surface area contributed by atoms with Gasteiger partial charge in [-0.15, -0.1) is 0 Å². The highest BCUT2D eigenvalue weighted by molar-refractivity contribution is 7.20. The third-order valence-corrected chi connectivity index (χ3v) is 12.2. The van der Waals surface area contributed by atoms with E-state index in [-0.39, 0.29) is 12.3 Å². The fourth-order valence-electron chi connectivity index (χ4n) is 8.57. The van der Waals surface area contributed by atoms with Crippen molar-refractivity contribution in [3.63, 3.8) is 0 Å². The van der Waals surface area contributed by atoms with Crippen LogP contribution in [0.5, 0.6) is 0 Å². The Balaban J connectivity index is 0.000000363. The molecule has 7 rings (SSSR count). The summed E-state index contributed by atoms with van der Waals surface area (Å²) in [5.41, 5.74) is -26.8. The monoisotopic (exact) mass is 1180 g/mol. The van der Waals surface area contributed by atoms with Crippen molar-refractivity contribution in [1.82, 2.24) is 4.98 Å². The molecule has 4 nitrogen and oxygen atoms in total. The quantitative estimate of drug-likeness (QED) is 0.0626. The van der Waals surface area contributed by atoms with Crippen LogP contribution in [0.4, 0.5) is 105 Å². The number of carbonyl (C=O) groups excluding carboxylic acids is 1. The zero-order valence-electron chi connectivity index (χ0n) is 39.7. The number of ketones is 1. The largest absolute Gasteiger partial charge is 0.416 e. The summed E-state index contributed by atoms with van der Waals surface area (Å²) in [5, 5.41) is 8.87. The van der Waals surface area contributed by atoms with E-state index in [1.807, 2.05) is 53.2 Å². The minimum atomic E-state index is -6.13. The number of hydrogen-bond donors (Lipinski definition) is 0. The van der Waals surface area contributed by atoms with Crippen LogP contribution in [0.15, 0.2) is 146 Å². The molecule has 0 spiro atoms. The Bertz CT molecular complexity index is 3020. The SMILES string of the molecule is FC(F)(F)c1cc([B-](c2cc(C(F)(F)F)cc(C(F)(F)F)c2)(c2cc(C(F)(F)F)cc(C(F)(F)F)c2)c2cc(C(F)(F)F)cc(C(F)(F)F)c2)cc(C(F)(F)F)c1.N#Cc1ccc(Cc2cncc[n+]2CC(=O)c2ccccc2)cc1. The second kappa shape index (κ2) is 22.1. The summed E-state index contributed by atoms with van der Waals surface area (Å²) in [6.45, 7) is 0.276. The van der Waals surface area contributed by atoms with Gasteiger partial charge < -0.3 is 0 Å². The predicted molar refractivity (Wildman–Crippen MR) is 239 cm³/mol. The van der Waals surface area contributed by atoms with Gasteiger partial charge in [0.2, 0.25) is 18.0 Å². The van der Waals surface area contributed by atoms with Crippen LogP contribution >= 0.6 is 0 Å². The highest BCUT2D eigenvalue weighted by Gasteiger charge is 2.47. The summed E-state index contributed by atoms with van der Waals surface area (Å²) in [4.78, 5) is 16.6. The zero-order valence-corrected chi connectivity index (χ0v) is 39.7. The lowest BCUT2D eigenvalue weighted by Gasteiger charge is -2.46. The molecule has 29 heteroatoms. The summed E-state index contributed by atoms with van der Waals surface area (Å²) in [6.07, 6.45) is -48.9. The molecule has 0 aliphatic heterocycles. The molecular weight excluding hydrogens is 1150 g/mol. The molecule has 0 bridgehead atoms. The summed E-state index contributed by atoms with van der Waals surface area (Å²) in [6, 6.07) is 10.0. The molecule has 0 aliphatic carbocycles. The molecule has 428 valence electrons. The van der Waals surface area contributed by atoms with Gasteiger partial charge >= 0.3 is 49.4 Å². The highest BCUT2D eigenvalue weighted by Crippen LogP contribution is 2.41. The molecule has 0 amide bonds. The van der Waals surface area contributed by atoms with Crippen LogP contribution in [-0.4, -0.2) is 16.9 Å². The average molecular weight is 1180 g/mol. The first kappa shape index (κ1) is 62.1. The minimum absolute atomic E-state index is 0.0629. The number of nitrogens with zero attached hydrogens (tertiary/aromatic N) is 3. The van der Waals surface area contributed by atoms with Gasteiger partial charge in [0, 0.05) is 5.56 Å². The molecular formula is C52H28BF24N3O. The second-order valence-corrected chi connectivity index (χ2v) is 17.7. The number of hydrogen-bond acceptors (Lipinski definition) is 3. The highest BCUT2D eigenvalue weighted by atomic mass is 19.4. The average Bonchev–Trinajstić information content (AvgIpc) is 3.40. The maximum absolute atomic E-state index is 14.2. The van der Waals surface area contributed by atoms with Crippen LogP contribution in [0.3, 0.4) is 0 Å². The molecule has 0 aliphatic rings. The third kappa shape index (κ3) is 14.7. The third-order valence-electron chi connectivity index (χ3n) is 12.2. The van der Waals surface area contributed by atoms with E-state index in [0.717, 1.165) is 11.3 Å². The van der Waals surface area contributed by atoms with Gasteiger partial charge in [-0.05, 0) is 42.0 Å². The van der Waals surface area contributed by atoms with Crippen LogP contribution in [0.2, 0.25) is 0 Å². The van der Waals surface area contributed by atoms with E-state index in [1.165, 1.54) is 0 Å². The Morgan fingerprint density at radius 3 is 1.00 bits per heavy atom. The Morgan fingerprint density at radius 1 is 0.432 bits per heavy atom. The molecule has 81 heavy (non-hydrogen) atoms. The van der Waals surface area contributed by atoms with Crippen molar-refractivity contribution < 1.29 is 115 Å². The molecule has 0 saturated heterocycles. The smallest absolute Gasteiger partial charge is 0.287 e. The molecule has 0 saturated carbocycles. The maximum Gasteiger partial charge on any atom is 0.416 e.